The molecule has 0 spiro atoms. The summed E-state index contributed by atoms with van der Waals surface area (Å²) in [4.78, 5) is 3.99. The van der Waals surface area contributed by atoms with Crippen LogP contribution in [0.3, 0.4) is 0 Å². The lowest BCUT2D eigenvalue weighted by Crippen LogP contribution is -2.05. The van der Waals surface area contributed by atoms with Gasteiger partial charge < -0.3 is 14.4 Å². The molecule has 2 rings (SSSR count). The van der Waals surface area contributed by atoms with Crippen LogP contribution in [0.5, 0.6) is 5.75 Å². The van der Waals surface area contributed by atoms with Crippen LogP contribution in [-0.4, -0.2) is 27.9 Å². The van der Waals surface area contributed by atoms with Crippen molar-refractivity contribution in [3.8, 4) is 5.75 Å². The number of ether oxygens (including phenoxy) is 1. The third kappa shape index (κ3) is 3.60. The molecular weight excluding hydrogens is 228 g/mol. The Morgan fingerprint density at radius 3 is 2.94 bits per heavy atom. The number of hydrogen-bond acceptors (Lipinski definition) is 3. The van der Waals surface area contributed by atoms with E-state index in [4.69, 9.17) is 9.84 Å². The minimum absolute atomic E-state index is 0.148. The minimum Gasteiger partial charge on any atom is -0.493 e. The molecule has 0 aliphatic carbocycles. The summed E-state index contributed by atoms with van der Waals surface area (Å²) >= 11 is 0. The maximum Gasteiger partial charge on any atom is 0.122 e. The van der Waals surface area contributed by atoms with Crippen molar-refractivity contribution in [2.45, 2.75) is 19.4 Å². The van der Waals surface area contributed by atoms with Gasteiger partial charge in [0.05, 0.1) is 12.9 Å². The predicted octanol–water partition coefficient (Wildman–Crippen LogP) is 1.89. The van der Waals surface area contributed by atoms with Crippen LogP contribution in [0.15, 0.2) is 43.0 Å². The molecule has 0 unspecified atom stereocenters. The summed E-state index contributed by atoms with van der Waals surface area (Å²) in [6.07, 6.45) is 7.10. The lowest BCUT2D eigenvalue weighted by atomic mass is 10.1. The molecule has 1 heterocycles. The molecule has 4 nitrogen and oxygen atoms in total. The lowest BCUT2D eigenvalue weighted by molar-refractivity contribution is 0.283. The maximum absolute atomic E-state index is 8.97. The van der Waals surface area contributed by atoms with Gasteiger partial charge in [0, 0.05) is 25.5 Å². The van der Waals surface area contributed by atoms with E-state index in [1.807, 2.05) is 35.0 Å². The van der Waals surface area contributed by atoms with Crippen LogP contribution < -0.4 is 4.74 Å². The highest BCUT2D eigenvalue weighted by atomic mass is 16.5. The Labute approximate surface area is 107 Å². The van der Waals surface area contributed by atoms with Crippen molar-refractivity contribution in [2.75, 3.05) is 13.2 Å². The zero-order chi connectivity index (χ0) is 12.6. The minimum atomic E-state index is 0.148. The number of aromatic nitrogens is 2. The molecule has 0 saturated heterocycles. The smallest absolute Gasteiger partial charge is 0.122 e. The molecule has 2 aromatic rings. The number of imidazole rings is 1. The van der Waals surface area contributed by atoms with Crippen LogP contribution in [-0.2, 0) is 13.0 Å². The number of hydrogen-bond donors (Lipinski definition) is 1. The van der Waals surface area contributed by atoms with Crippen molar-refractivity contribution in [1.82, 2.24) is 9.55 Å². The molecule has 0 bridgehead atoms. The van der Waals surface area contributed by atoms with Crippen LogP contribution in [0.4, 0.5) is 0 Å². The van der Waals surface area contributed by atoms with Crippen LogP contribution in [0, 0.1) is 0 Å². The van der Waals surface area contributed by atoms with Crippen LogP contribution in [0.25, 0.3) is 0 Å². The first-order chi connectivity index (χ1) is 8.90. The van der Waals surface area contributed by atoms with E-state index in [1.165, 1.54) is 0 Å². The van der Waals surface area contributed by atoms with Crippen LogP contribution >= 0.6 is 0 Å². The van der Waals surface area contributed by atoms with Crippen molar-refractivity contribution in [3.05, 3.63) is 48.5 Å². The fraction of sp³-hybridized carbons (Fsp3) is 0.357. The fourth-order valence-corrected chi connectivity index (χ4v) is 1.82. The molecule has 4 heteroatoms. The summed E-state index contributed by atoms with van der Waals surface area (Å²) in [6.45, 7) is 1.72. The van der Waals surface area contributed by atoms with Gasteiger partial charge in [0.1, 0.15) is 5.75 Å². The monoisotopic (exact) mass is 246 g/mol. The predicted molar refractivity (Wildman–Crippen MR) is 69.6 cm³/mol. The summed E-state index contributed by atoms with van der Waals surface area (Å²) < 4.78 is 7.77. The number of nitrogens with zero attached hydrogens (tertiary/aromatic N) is 2. The number of aryl methyl sites for hydroxylation is 1. The van der Waals surface area contributed by atoms with Gasteiger partial charge in [-0.3, -0.25) is 0 Å². The van der Waals surface area contributed by atoms with E-state index in [9.17, 15) is 0 Å². The molecule has 0 aliphatic heterocycles. The van der Waals surface area contributed by atoms with E-state index in [1.54, 1.807) is 12.5 Å². The van der Waals surface area contributed by atoms with Gasteiger partial charge in [-0.15, -0.1) is 0 Å². The van der Waals surface area contributed by atoms with E-state index in [2.05, 4.69) is 4.98 Å². The Balaban J connectivity index is 1.79. The Kier molecular flexibility index (Phi) is 4.78. The van der Waals surface area contributed by atoms with Gasteiger partial charge >= 0.3 is 0 Å². The van der Waals surface area contributed by atoms with E-state index < -0.39 is 0 Å². The van der Waals surface area contributed by atoms with Crippen molar-refractivity contribution in [2.24, 2.45) is 0 Å². The molecule has 0 saturated carbocycles. The maximum atomic E-state index is 8.97. The molecule has 0 fully saturated rings. The molecule has 1 N–H and O–H groups in total. The molecule has 1 aromatic heterocycles. The average molecular weight is 246 g/mol. The average Bonchev–Trinajstić information content (AvgIpc) is 2.90. The highest BCUT2D eigenvalue weighted by molar-refractivity contribution is 5.33. The van der Waals surface area contributed by atoms with Gasteiger partial charge in [-0.1, -0.05) is 18.2 Å². The summed E-state index contributed by atoms with van der Waals surface area (Å²) in [5.74, 6) is 0.872. The Morgan fingerprint density at radius 2 is 2.17 bits per heavy atom. The standard InChI is InChI=1S/C14H18N2O2/c17-10-6-13-4-1-2-5-14(13)18-11-3-8-16-9-7-15-12-16/h1-2,4-5,7,9,12,17H,3,6,8,10-11H2. The van der Waals surface area contributed by atoms with Crippen molar-refractivity contribution >= 4 is 0 Å². The number of para-hydroxylation sites is 1. The second-order valence-corrected chi connectivity index (χ2v) is 4.08. The van der Waals surface area contributed by atoms with E-state index in [-0.39, 0.29) is 6.61 Å². The lowest BCUT2D eigenvalue weighted by Gasteiger charge is -2.10. The number of rotatable bonds is 7. The molecule has 96 valence electrons. The molecular formula is C14H18N2O2. The number of aliphatic hydroxyl groups is 1. The molecule has 0 aliphatic rings. The Bertz CT molecular complexity index is 455. The quantitative estimate of drug-likeness (QED) is 0.759. The van der Waals surface area contributed by atoms with Crippen LogP contribution in [0.1, 0.15) is 12.0 Å². The van der Waals surface area contributed by atoms with Crippen LogP contribution in [0.2, 0.25) is 0 Å². The first-order valence-corrected chi connectivity index (χ1v) is 6.17. The fourth-order valence-electron chi connectivity index (χ4n) is 1.82. The first-order valence-electron chi connectivity index (χ1n) is 6.17. The summed E-state index contributed by atoms with van der Waals surface area (Å²) in [6, 6.07) is 7.85. The van der Waals surface area contributed by atoms with Gasteiger partial charge in [-0.25, -0.2) is 4.98 Å². The highest BCUT2D eigenvalue weighted by Gasteiger charge is 2.01. The summed E-state index contributed by atoms with van der Waals surface area (Å²) in [5.41, 5.74) is 1.06. The molecule has 1 aromatic carbocycles. The van der Waals surface area contributed by atoms with E-state index in [0.717, 1.165) is 24.3 Å². The Morgan fingerprint density at radius 1 is 1.28 bits per heavy atom. The third-order valence-electron chi connectivity index (χ3n) is 2.73. The van der Waals surface area contributed by atoms with Gasteiger partial charge in [0.15, 0.2) is 0 Å². The van der Waals surface area contributed by atoms with Gasteiger partial charge in [0.2, 0.25) is 0 Å². The van der Waals surface area contributed by atoms with Crippen molar-refractivity contribution < 1.29 is 9.84 Å². The molecule has 0 radical (unpaired) electrons. The third-order valence-corrected chi connectivity index (χ3v) is 2.73. The summed E-state index contributed by atoms with van der Waals surface area (Å²) in [5, 5.41) is 8.97. The second-order valence-electron chi connectivity index (χ2n) is 4.08. The normalized spacial score (nSPS) is 10.5. The molecule has 0 amide bonds. The second kappa shape index (κ2) is 6.81. The topological polar surface area (TPSA) is 47.3 Å². The van der Waals surface area contributed by atoms with Crippen molar-refractivity contribution in [1.29, 1.82) is 0 Å². The Hall–Kier alpha value is -1.81. The molecule has 0 atom stereocenters. The molecule has 18 heavy (non-hydrogen) atoms. The van der Waals surface area contributed by atoms with E-state index in [0.29, 0.717) is 13.0 Å². The number of aliphatic hydroxyl groups excluding tert-OH is 1. The first kappa shape index (κ1) is 12.6. The van der Waals surface area contributed by atoms with Gasteiger partial charge in [-0.05, 0) is 24.5 Å². The van der Waals surface area contributed by atoms with E-state index >= 15 is 0 Å². The number of benzene rings is 1. The van der Waals surface area contributed by atoms with Gasteiger partial charge in [-0.2, -0.15) is 0 Å². The largest absolute Gasteiger partial charge is 0.493 e. The zero-order valence-corrected chi connectivity index (χ0v) is 10.3. The summed E-state index contributed by atoms with van der Waals surface area (Å²) in [7, 11) is 0. The highest BCUT2D eigenvalue weighted by Crippen LogP contribution is 2.18. The SMILES string of the molecule is OCCc1ccccc1OCCCn1ccnc1. The van der Waals surface area contributed by atoms with Gasteiger partial charge in [0.25, 0.3) is 0 Å². The van der Waals surface area contributed by atoms with Crippen molar-refractivity contribution in [3.63, 3.8) is 0 Å². The zero-order valence-electron chi connectivity index (χ0n) is 10.3.